The molecule has 6 heteroatoms. The van der Waals surface area contributed by atoms with Crippen LogP contribution in [0.5, 0.6) is 0 Å². The summed E-state index contributed by atoms with van der Waals surface area (Å²) in [6.45, 7) is 0.909. The SMILES string of the molecule is O=C(CS(=O)(=O)C1CCOCC1)c1ccc(Br)cc1. The molecular weight excluding hydrogens is 332 g/mol. The Hall–Kier alpha value is -0.720. The van der Waals surface area contributed by atoms with E-state index in [0.717, 1.165) is 4.47 Å². The molecule has 0 aliphatic carbocycles. The minimum Gasteiger partial charge on any atom is -0.381 e. The van der Waals surface area contributed by atoms with Crippen LogP contribution in [0.4, 0.5) is 0 Å². The van der Waals surface area contributed by atoms with E-state index >= 15 is 0 Å². The highest BCUT2D eigenvalue weighted by Crippen LogP contribution is 2.18. The summed E-state index contributed by atoms with van der Waals surface area (Å²) in [7, 11) is -3.38. The van der Waals surface area contributed by atoms with Crippen molar-refractivity contribution in [2.75, 3.05) is 19.0 Å². The number of carbonyl (C=O) groups excluding carboxylic acids is 1. The molecule has 1 saturated heterocycles. The van der Waals surface area contributed by atoms with Crippen LogP contribution in [0.15, 0.2) is 28.7 Å². The highest BCUT2D eigenvalue weighted by molar-refractivity contribution is 9.10. The van der Waals surface area contributed by atoms with Crippen LogP contribution in [-0.4, -0.2) is 38.4 Å². The van der Waals surface area contributed by atoms with E-state index in [1.165, 1.54) is 0 Å². The quantitative estimate of drug-likeness (QED) is 0.784. The Balaban J connectivity index is 2.07. The highest BCUT2D eigenvalue weighted by atomic mass is 79.9. The number of rotatable bonds is 4. The number of hydrogen-bond acceptors (Lipinski definition) is 4. The van der Waals surface area contributed by atoms with E-state index in [1.54, 1.807) is 24.3 Å². The third kappa shape index (κ3) is 3.87. The van der Waals surface area contributed by atoms with Crippen LogP contribution in [0.25, 0.3) is 0 Å². The molecule has 0 radical (unpaired) electrons. The maximum Gasteiger partial charge on any atom is 0.177 e. The lowest BCUT2D eigenvalue weighted by Gasteiger charge is -2.21. The lowest BCUT2D eigenvalue weighted by Crippen LogP contribution is -2.33. The molecule has 0 saturated carbocycles. The van der Waals surface area contributed by atoms with Crippen LogP contribution < -0.4 is 0 Å². The molecule has 1 aliphatic heterocycles. The monoisotopic (exact) mass is 346 g/mol. The number of ether oxygens (including phenoxy) is 1. The Morgan fingerprint density at radius 3 is 2.37 bits per heavy atom. The van der Waals surface area contributed by atoms with Gasteiger partial charge < -0.3 is 4.74 Å². The van der Waals surface area contributed by atoms with E-state index in [-0.39, 0.29) is 5.78 Å². The van der Waals surface area contributed by atoms with Gasteiger partial charge in [0.15, 0.2) is 15.6 Å². The van der Waals surface area contributed by atoms with Crippen molar-refractivity contribution in [3.63, 3.8) is 0 Å². The fraction of sp³-hybridized carbons (Fsp3) is 0.462. The van der Waals surface area contributed by atoms with Crippen molar-refractivity contribution < 1.29 is 17.9 Å². The predicted octanol–water partition coefficient (Wildman–Crippen LogP) is 2.23. The van der Waals surface area contributed by atoms with E-state index in [9.17, 15) is 13.2 Å². The number of Topliss-reactive ketones (excluding diaryl/α,β-unsaturated/α-hetero) is 1. The van der Waals surface area contributed by atoms with E-state index in [1.807, 2.05) is 0 Å². The van der Waals surface area contributed by atoms with E-state index in [2.05, 4.69) is 15.9 Å². The molecule has 19 heavy (non-hydrogen) atoms. The van der Waals surface area contributed by atoms with Crippen LogP contribution in [0.2, 0.25) is 0 Å². The van der Waals surface area contributed by atoms with Crippen molar-refractivity contribution in [3.8, 4) is 0 Å². The molecule has 104 valence electrons. The Bertz CT molecular complexity index is 545. The molecule has 1 aromatic carbocycles. The van der Waals surface area contributed by atoms with Gasteiger partial charge in [-0.1, -0.05) is 28.1 Å². The third-order valence-corrected chi connectivity index (χ3v) is 5.86. The zero-order valence-corrected chi connectivity index (χ0v) is 12.7. The zero-order chi connectivity index (χ0) is 13.9. The topological polar surface area (TPSA) is 60.4 Å². The van der Waals surface area contributed by atoms with Crippen molar-refractivity contribution in [3.05, 3.63) is 34.3 Å². The summed E-state index contributed by atoms with van der Waals surface area (Å²) in [5.74, 6) is -0.766. The molecule has 0 aromatic heterocycles. The van der Waals surface area contributed by atoms with Crippen LogP contribution in [0.3, 0.4) is 0 Å². The van der Waals surface area contributed by atoms with E-state index in [4.69, 9.17) is 4.74 Å². The van der Waals surface area contributed by atoms with Gasteiger partial charge in [0, 0.05) is 23.2 Å². The van der Waals surface area contributed by atoms with Gasteiger partial charge in [-0.15, -0.1) is 0 Å². The largest absolute Gasteiger partial charge is 0.381 e. The zero-order valence-electron chi connectivity index (χ0n) is 10.3. The van der Waals surface area contributed by atoms with Gasteiger partial charge in [0.25, 0.3) is 0 Å². The molecule has 0 N–H and O–H groups in total. The van der Waals surface area contributed by atoms with Gasteiger partial charge in [0.1, 0.15) is 5.75 Å². The normalized spacial score (nSPS) is 17.3. The molecule has 1 aliphatic rings. The number of benzene rings is 1. The van der Waals surface area contributed by atoms with Gasteiger partial charge >= 0.3 is 0 Å². The summed E-state index contributed by atoms with van der Waals surface area (Å²) >= 11 is 3.28. The van der Waals surface area contributed by atoms with Crippen molar-refractivity contribution in [1.29, 1.82) is 0 Å². The second kappa shape index (κ2) is 6.15. The number of halogens is 1. The lowest BCUT2D eigenvalue weighted by molar-refractivity contribution is 0.0971. The average molecular weight is 347 g/mol. The van der Waals surface area contributed by atoms with Crippen LogP contribution in [0.1, 0.15) is 23.2 Å². The first-order valence-corrected chi connectivity index (χ1v) is 8.58. The minimum atomic E-state index is -3.38. The summed E-state index contributed by atoms with van der Waals surface area (Å²) in [5, 5.41) is -0.444. The molecule has 1 fully saturated rings. The van der Waals surface area contributed by atoms with E-state index in [0.29, 0.717) is 31.6 Å². The summed E-state index contributed by atoms with van der Waals surface area (Å²) in [4.78, 5) is 12.0. The first-order valence-electron chi connectivity index (χ1n) is 6.07. The Morgan fingerprint density at radius 1 is 1.21 bits per heavy atom. The average Bonchev–Trinajstić information content (AvgIpc) is 2.40. The fourth-order valence-corrected chi connectivity index (χ4v) is 4.00. The number of ketones is 1. The second-order valence-electron chi connectivity index (χ2n) is 4.55. The van der Waals surface area contributed by atoms with Gasteiger partial charge in [-0.05, 0) is 25.0 Å². The van der Waals surface area contributed by atoms with Gasteiger partial charge in [0.05, 0.1) is 5.25 Å². The number of hydrogen-bond donors (Lipinski definition) is 0. The number of carbonyl (C=O) groups is 1. The molecule has 0 spiro atoms. The predicted molar refractivity (Wildman–Crippen MR) is 76.1 cm³/mol. The Morgan fingerprint density at radius 2 is 1.79 bits per heavy atom. The van der Waals surface area contributed by atoms with Crippen LogP contribution >= 0.6 is 15.9 Å². The van der Waals surface area contributed by atoms with Gasteiger partial charge in [-0.25, -0.2) is 8.42 Å². The van der Waals surface area contributed by atoms with Gasteiger partial charge in [-0.3, -0.25) is 4.79 Å². The lowest BCUT2D eigenvalue weighted by atomic mass is 10.2. The molecule has 2 rings (SSSR count). The first-order chi connectivity index (χ1) is 8.99. The molecule has 1 heterocycles. The third-order valence-electron chi connectivity index (χ3n) is 3.17. The Kier molecular flexibility index (Phi) is 4.76. The molecule has 0 amide bonds. The van der Waals surface area contributed by atoms with Crippen molar-refractivity contribution in [1.82, 2.24) is 0 Å². The number of sulfone groups is 1. The second-order valence-corrected chi connectivity index (χ2v) is 7.75. The van der Waals surface area contributed by atoms with Gasteiger partial charge in [0.2, 0.25) is 0 Å². The molecule has 4 nitrogen and oxygen atoms in total. The van der Waals surface area contributed by atoms with Gasteiger partial charge in [-0.2, -0.15) is 0 Å². The maximum atomic E-state index is 12.2. The Labute approximate surface area is 121 Å². The summed E-state index contributed by atoms with van der Waals surface area (Å²) in [6.07, 6.45) is 0.964. The van der Waals surface area contributed by atoms with E-state index < -0.39 is 20.8 Å². The highest BCUT2D eigenvalue weighted by Gasteiger charge is 2.30. The maximum absolute atomic E-state index is 12.2. The summed E-state index contributed by atoms with van der Waals surface area (Å²) in [6, 6.07) is 6.72. The first kappa shape index (κ1) is 14.7. The molecule has 0 bridgehead atoms. The fourth-order valence-electron chi connectivity index (χ4n) is 2.05. The summed E-state index contributed by atoms with van der Waals surface area (Å²) < 4.78 is 30.3. The minimum absolute atomic E-state index is 0.348. The van der Waals surface area contributed by atoms with Crippen molar-refractivity contribution in [2.45, 2.75) is 18.1 Å². The smallest absolute Gasteiger partial charge is 0.177 e. The molecule has 0 unspecified atom stereocenters. The molecule has 0 atom stereocenters. The molecule has 1 aromatic rings. The van der Waals surface area contributed by atoms with Crippen LogP contribution in [-0.2, 0) is 14.6 Å². The molecular formula is C13H15BrO4S. The van der Waals surface area contributed by atoms with Crippen LogP contribution in [0, 0.1) is 0 Å². The van der Waals surface area contributed by atoms with Crippen molar-refractivity contribution >= 4 is 31.6 Å². The standard InChI is InChI=1S/C13H15BrO4S/c14-11-3-1-10(2-4-11)13(15)9-19(16,17)12-5-7-18-8-6-12/h1-4,12H,5-9H2. The summed E-state index contributed by atoms with van der Waals surface area (Å²) in [5.41, 5.74) is 0.429. The van der Waals surface area contributed by atoms with Crippen molar-refractivity contribution in [2.24, 2.45) is 0 Å².